The largest absolute Gasteiger partial charge is 0.408 e. The highest BCUT2D eigenvalue weighted by atomic mass is 19.4. The van der Waals surface area contributed by atoms with Gasteiger partial charge < -0.3 is 4.90 Å². The number of halogens is 4. The molecule has 2 aromatic rings. The number of hydrogen-bond donors (Lipinski definition) is 0. The van der Waals surface area contributed by atoms with Crippen LogP contribution < -0.4 is 4.90 Å². The van der Waals surface area contributed by atoms with Crippen molar-refractivity contribution in [3.8, 4) is 0 Å². The summed E-state index contributed by atoms with van der Waals surface area (Å²) in [6.45, 7) is 1.31. The number of hydrogen-bond acceptors (Lipinski definition) is 4. The van der Waals surface area contributed by atoms with Crippen LogP contribution in [0, 0.1) is 5.82 Å². The molecule has 1 saturated heterocycles. The fourth-order valence-electron chi connectivity index (χ4n) is 2.92. The van der Waals surface area contributed by atoms with Crippen molar-refractivity contribution in [2.24, 2.45) is 0 Å². The third-order valence-corrected chi connectivity index (χ3v) is 4.06. The molecule has 24 heavy (non-hydrogen) atoms. The quantitative estimate of drug-likeness (QED) is 0.804. The van der Waals surface area contributed by atoms with E-state index in [2.05, 4.69) is 10.2 Å². The second-order valence-electron chi connectivity index (χ2n) is 5.60. The Balaban J connectivity index is 1.75. The molecule has 1 atom stereocenters. The summed E-state index contributed by atoms with van der Waals surface area (Å²) in [4.78, 5) is 3.28. The molecule has 1 aliphatic rings. The Morgan fingerprint density at radius 1 is 0.958 bits per heavy atom. The van der Waals surface area contributed by atoms with Gasteiger partial charge in [-0.25, -0.2) is 4.39 Å². The van der Waals surface area contributed by atoms with Gasteiger partial charge in [-0.1, -0.05) is 12.1 Å². The zero-order valence-electron chi connectivity index (χ0n) is 12.7. The molecule has 1 aromatic heterocycles. The van der Waals surface area contributed by atoms with Gasteiger partial charge in [0.25, 0.3) is 0 Å². The van der Waals surface area contributed by atoms with E-state index >= 15 is 0 Å². The topological polar surface area (TPSA) is 32.3 Å². The Morgan fingerprint density at radius 2 is 1.62 bits per heavy atom. The van der Waals surface area contributed by atoms with Crippen LogP contribution >= 0.6 is 0 Å². The highest BCUT2D eigenvalue weighted by molar-refractivity contribution is 5.37. The smallest absolute Gasteiger partial charge is 0.353 e. The van der Waals surface area contributed by atoms with Crippen LogP contribution in [0.5, 0.6) is 0 Å². The van der Waals surface area contributed by atoms with E-state index < -0.39 is 18.0 Å². The monoisotopic (exact) mass is 340 g/mol. The van der Waals surface area contributed by atoms with Gasteiger partial charge in [-0.15, -0.1) is 5.10 Å². The van der Waals surface area contributed by atoms with E-state index in [1.807, 2.05) is 4.90 Å². The van der Waals surface area contributed by atoms with Crippen LogP contribution in [0.1, 0.15) is 11.6 Å². The average Bonchev–Trinajstić information content (AvgIpc) is 2.57. The second-order valence-corrected chi connectivity index (χ2v) is 5.60. The van der Waals surface area contributed by atoms with Crippen molar-refractivity contribution in [3.63, 3.8) is 0 Å². The third kappa shape index (κ3) is 3.64. The van der Waals surface area contributed by atoms with Crippen LogP contribution in [-0.4, -0.2) is 47.5 Å². The minimum Gasteiger partial charge on any atom is -0.353 e. The molecule has 1 fully saturated rings. The Labute approximate surface area is 136 Å². The molecule has 0 N–H and O–H groups in total. The van der Waals surface area contributed by atoms with E-state index in [1.54, 1.807) is 18.3 Å². The second kappa shape index (κ2) is 6.72. The Kier molecular flexibility index (Phi) is 4.66. The number of piperazine rings is 1. The predicted molar refractivity (Wildman–Crippen MR) is 81.0 cm³/mol. The predicted octanol–water partition coefficient (Wildman–Crippen LogP) is 3.04. The minimum absolute atomic E-state index is 0.0526. The summed E-state index contributed by atoms with van der Waals surface area (Å²) in [5, 5.41) is 7.77. The first kappa shape index (κ1) is 16.6. The van der Waals surface area contributed by atoms with Gasteiger partial charge in [-0.2, -0.15) is 18.3 Å². The Morgan fingerprint density at radius 3 is 2.17 bits per heavy atom. The van der Waals surface area contributed by atoms with Crippen LogP contribution in [-0.2, 0) is 0 Å². The maximum absolute atomic E-state index is 13.5. The molecule has 0 spiro atoms. The molecular weight excluding hydrogens is 324 g/mol. The summed E-state index contributed by atoms with van der Waals surface area (Å²) in [7, 11) is 0. The van der Waals surface area contributed by atoms with Gasteiger partial charge in [-0.3, -0.25) is 4.90 Å². The van der Waals surface area contributed by atoms with Gasteiger partial charge in [0, 0.05) is 32.4 Å². The lowest BCUT2D eigenvalue weighted by atomic mass is 10.0. The molecule has 0 unspecified atom stereocenters. The molecule has 0 amide bonds. The van der Waals surface area contributed by atoms with E-state index in [-0.39, 0.29) is 18.7 Å². The fourth-order valence-corrected chi connectivity index (χ4v) is 2.92. The van der Waals surface area contributed by atoms with Crippen LogP contribution in [0.15, 0.2) is 42.6 Å². The van der Waals surface area contributed by atoms with E-state index in [1.165, 1.54) is 17.0 Å². The van der Waals surface area contributed by atoms with E-state index in [0.717, 1.165) is 12.1 Å². The molecule has 4 nitrogen and oxygen atoms in total. The number of rotatable bonds is 3. The summed E-state index contributed by atoms with van der Waals surface area (Å²) in [5.41, 5.74) is 0.0526. The van der Waals surface area contributed by atoms with Gasteiger partial charge in [0.05, 0.1) is 0 Å². The molecular formula is C16H16F4N4. The van der Waals surface area contributed by atoms with Crippen molar-refractivity contribution >= 4 is 5.82 Å². The molecule has 2 heterocycles. The lowest BCUT2D eigenvalue weighted by Crippen LogP contribution is -2.51. The van der Waals surface area contributed by atoms with Gasteiger partial charge in [0.15, 0.2) is 5.82 Å². The van der Waals surface area contributed by atoms with Crippen LogP contribution in [0.25, 0.3) is 0 Å². The number of anilines is 1. The lowest BCUT2D eigenvalue weighted by molar-refractivity contribution is -0.187. The molecule has 1 aliphatic heterocycles. The van der Waals surface area contributed by atoms with Crippen LogP contribution in [0.4, 0.5) is 23.4 Å². The molecule has 3 rings (SSSR count). The fraction of sp³-hybridized carbons (Fsp3) is 0.375. The highest BCUT2D eigenvalue weighted by Crippen LogP contribution is 2.38. The molecule has 0 aliphatic carbocycles. The summed E-state index contributed by atoms with van der Waals surface area (Å²) in [6.07, 6.45) is -2.87. The van der Waals surface area contributed by atoms with Crippen molar-refractivity contribution in [2.75, 3.05) is 31.1 Å². The zero-order chi connectivity index (χ0) is 17.2. The summed E-state index contributed by atoms with van der Waals surface area (Å²) in [5.74, 6) is 0.106. The first-order chi connectivity index (χ1) is 11.4. The molecule has 0 radical (unpaired) electrons. The van der Waals surface area contributed by atoms with Crippen molar-refractivity contribution < 1.29 is 17.6 Å². The maximum Gasteiger partial charge on any atom is 0.408 e. The third-order valence-electron chi connectivity index (χ3n) is 4.06. The molecule has 0 bridgehead atoms. The summed E-state index contributed by atoms with van der Waals surface area (Å²) >= 11 is 0. The van der Waals surface area contributed by atoms with E-state index in [0.29, 0.717) is 18.9 Å². The van der Waals surface area contributed by atoms with Gasteiger partial charge in [-0.05, 0) is 29.8 Å². The molecule has 128 valence electrons. The van der Waals surface area contributed by atoms with Gasteiger partial charge in [0.2, 0.25) is 0 Å². The number of alkyl halides is 3. The normalized spacial score (nSPS) is 17.8. The lowest BCUT2D eigenvalue weighted by Gasteiger charge is -2.40. The number of aromatic nitrogens is 2. The number of nitrogens with zero attached hydrogens (tertiary/aromatic N) is 4. The van der Waals surface area contributed by atoms with E-state index in [9.17, 15) is 17.6 Å². The van der Waals surface area contributed by atoms with Crippen molar-refractivity contribution in [3.05, 3.63) is 54.0 Å². The highest BCUT2D eigenvalue weighted by Gasteiger charge is 2.45. The van der Waals surface area contributed by atoms with Crippen molar-refractivity contribution in [2.45, 2.75) is 12.2 Å². The standard InChI is InChI=1S/C16H16F4N4/c17-13-5-3-12(4-6-13)15(16(18,19)20)24-10-8-23(9-11-24)14-2-1-7-21-22-14/h1-7,15H,8-11H2/t15-/m0/s1. The molecule has 1 aromatic carbocycles. The zero-order valence-corrected chi connectivity index (χ0v) is 12.7. The van der Waals surface area contributed by atoms with Crippen molar-refractivity contribution in [1.29, 1.82) is 0 Å². The Bertz CT molecular complexity index is 652. The first-order valence-corrected chi connectivity index (χ1v) is 7.54. The SMILES string of the molecule is Fc1ccc([C@H](N2CCN(c3cccnn3)CC2)C(F)(F)F)cc1. The van der Waals surface area contributed by atoms with Crippen molar-refractivity contribution in [1.82, 2.24) is 15.1 Å². The Hall–Kier alpha value is -2.22. The van der Waals surface area contributed by atoms with Crippen LogP contribution in [0.3, 0.4) is 0 Å². The minimum atomic E-state index is -4.42. The van der Waals surface area contributed by atoms with Gasteiger partial charge in [0.1, 0.15) is 11.9 Å². The summed E-state index contributed by atoms with van der Waals surface area (Å²) < 4.78 is 53.6. The average molecular weight is 340 g/mol. The van der Waals surface area contributed by atoms with E-state index in [4.69, 9.17) is 0 Å². The van der Waals surface area contributed by atoms with Gasteiger partial charge >= 0.3 is 6.18 Å². The first-order valence-electron chi connectivity index (χ1n) is 7.54. The number of benzene rings is 1. The maximum atomic E-state index is 13.5. The summed E-state index contributed by atoms with van der Waals surface area (Å²) in [6, 6.07) is 6.30. The molecule has 8 heteroatoms. The van der Waals surface area contributed by atoms with Crippen LogP contribution in [0.2, 0.25) is 0 Å². The molecule has 0 saturated carbocycles.